The number of isothiocyanates is 1. The van der Waals surface area contributed by atoms with Crippen LogP contribution in [0.25, 0.3) is 11.1 Å². The largest absolute Gasteiger partial charge is 0.206 e. The lowest BCUT2D eigenvalue weighted by atomic mass is 9.83. The molecule has 0 atom stereocenters. The molecule has 0 amide bonds. The van der Waals surface area contributed by atoms with Crippen molar-refractivity contribution in [2.45, 2.75) is 25.7 Å². The fraction of sp³-hybridized carbons (Fsp3) is 0.208. The molecular weight excluding hydrogens is 404 g/mol. The summed E-state index contributed by atoms with van der Waals surface area (Å²) in [6, 6.07) is 13.1. The van der Waals surface area contributed by atoms with Crippen molar-refractivity contribution in [3.8, 4) is 23.0 Å². The lowest BCUT2D eigenvalue weighted by Gasteiger charge is -2.24. The van der Waals surface area contributed by atoms with E-state index < -0.39 is 11.6 Å². The molecule has 144 valence electrons. The first kappa shape index (κ1) is 19.7. The lowest BCUT2D eigenvalue weighted by molar-refractivity contribution is 0.316. The minimum atomic E-state index is -0.641. The molecular formula is C24H17F2NS2. The Hall–Kier alpha value is -2.64. The van der Waals surface area contributed by atoms with Gasteiger partial charge in [0.2, 0.25) is 0 Å². The van der Waals surface area contributed by atoms with E-state index in [-0.39, 0.29) is 5.56 Å². The van der Waals surface area contributed by atoms with Gasteiger partial charge in [0.05, 0.1) is 21.3 Å². The summed E-state index contributed by atoms with van der Waals surface area (Å²) >= 11 is 6.22. The van der Waals surface area contributed by atoms with Crippen molar-refractivity contribution in [2.75, 3.05) is 0 Å². The van der Waals surface area contributed by atoms with E-state index >= 15 is 0 Å². The maximum atomic E-state index is 14.6. The molecule has 1 aromatic heterocycles. The van der Waals surface area contributed by atoms with Gasteiger partial charge in [-0.15, -0.1) is 11.3 Å². The lowest BCUT2D eigenvalue weighted by Crippen LogP contribution is -2.12. The molecule has 2 aromatic carbocycles. The van der Waals surface area contributed by atoms with Gasteiger partial charge < -0.3 is 0 Å². The molecule has 1 heterocycles. The zero-order valence-corrected chi connectivity index (χ0v) is 17.2. The van der Waals surface area contributed by atoms with Crippen LogP contribution in [0, 0.1) is 29.4 Å². The van der Waals surface area contributed by atoms with Gasteiger partial charge in [-0.2, -0.15) is 4.99 Å². The molecule has 4 rings (SSSR count). The van der Waals surface area contributed by atoms with Crippen molar-refractivity contribution in [2.24, 2.45) is 10.9 Å². The van der Waals surface area contributed by atoms with E-state index in [1.807, 2.05) is 6.07 Å². The monoisotopic (exact) mass is 421 g/mol. The standard InChI is InChI=1S/C24H17F2NS2/c25-22-13-17(4-9-20-10-11-21(29-20)12-16-2-1-3-16)14-23(26)24(22)18-5-7-19(8-6-18)27-15-28/h5-8,10-11,13-14,16H,1-3,12H2. The van der Waals surface area contributed by atoms with E-state index in [0.29, 0.717) is 16.8 Å². The summed E-state index contributed by atoms with van der Waals surface area (Å²) in [6.07, 6.45) is 5.07. The molecule has 1 aliphatic carbocycles. The summed E-state index contributed by atoms with van der Waals surface area (Å²) in [5, 5.41) is 2.26. The number of hydrogen-bond acceptors (Lipinski definition) is 3. The Kier molecular flexibility index (Phi) is 5.97. The summed E-state index contributed by atoms with van der Waals surface area (Å²) in [5.74, 6) is 5.44. The quantitative estimate of drug-likeness (QED) is 0.247. The van der Waals surface area contributed by atoms with Gasteiger partial charge in [0.15, 0.2) is 0 Å². The predicted octanol–water partition coefficient (Wildman–Crippen LogP) is 7.17. The molecule has 29 heavy (non-hydrogen) atoms. The van der Waals surface area contributed by atoms with E-state index in [0.717, 1.165) is 17.2 Å². The molecule has 5 heteroatoms. The van der Waals surface area contributed by atoms with E-state index in [4.69, 9.17) is 0 Å². The molecule has 0 radical (unpaired) electrons. The van der Waals surface area contributed by atoms with E-state index in [1.54, 1.807) is 35.6 Å². The number of aliphatic imine (C=N–C) groups is 1. The Morgan fingerprint density at radius 1 is 1.00 bits per heavy atom. The number of benzene rings is 2. The second-order valence-electron chi connectivity index (χ2n) is 7.08. The highest BCUT2D eigenvalue weighted by molar-refractivity contribution is 7.78. The van der Waals surface area contributed by atoms with Crippen molar-refractivity contribution in [3.05, 3.63) is 75.5 Å². The average molecular weight is 422 g/mol. The normalized spacial score (nSPS) is 13.2. The highest BCUT2D eigenvalue weighted by Gasteiger charge is 2.18. The Labute approximate surface area is 178 Å². The first-order valence-electron chi connectivity index (χ1n) is 9.40. The number of thiocarbonyl (C=S) groups is 1. The average Bonchev–Trinajstić information content (AvgIpc) is 3.12. The fourth-order valence-electron chi connectivity index (χ4n) is 3.35. The zero-order valence-electron chi connectivity index (χ0n) is 15.5. The van der Waals surface area contributed by atoms with Crippen molar-refractivity contribution < 1.29 is 8.78 Å². The number of nitrogens with zero attached hydrogens (tertiary/aromatic N) is 1. The third-order valence-electron chi connectivity index (χ3n) is 5.08. The molecule has 0 bridgehead atoms. The van der Waals surface area contributed by atoms with Crippen molar-refractivity contribution in [1.82, 2.24) is 0 Å². The van der Waals surface area contributed by atoms with Gasteiger partial charge in [-0.1, -0.05) is 43.2 Å². The van der Waals surface area contributed by atoms with Crippen LogP contribution in [0.15, 0.2) is 53.5 Å². The molecule has 0 unspecified atom stereocenters. The maximum absolute atomic E-state index is 14.6. The van der Waals surface area contributed by atoms with Gasteiger partial charge in [0, 0.05) is 10.4 Å². The van der Waals surface area contributed by atoms with Crippen LogP contribution in [0.1, 0.15) is 34.6 Å². The summed E-state index contributed by atoms with van der Waals surface area (Å²) in [6.45, 7) is 0. The van der Waals surface area contributed by atoms with Gasteiger partial charge in [0.25, 0.3) is 0 Å². The van der Waals surface area contributed by atoms with E-state index in [2.05, 4.69) is 40.3 Å². The summed E-state index contributed by atoms with van der Waals surface area (Å²) < 4.78 is 29.2. The van der Waals surface area contributed by atoms with Crippen LogP contribution in [-0.4, -0.2) is 5.16 Å². The van der Waals surface area contributed by atoms with E-state index in [9.17, 15) is 8.78 Å². The van der Waals surface area contributed by atoms with Crippen LogP contribution in [0.5, 0.6) is 0 Å². The first-order valence-corrected chi connectivity index (χ1v) is 10.6. The van der Waals surface area contributed by atoms with Gasteiger partial charge in [0.1, 0.15) is 11.6 Å². The van der Waals surface area contributed by atoms with E-state index in [1.165, 1.54) is 36.3 Å². The van der Waals surface area contributed by atoms with Crippen molar-refractivity contribution in [3.63, 3.8) is 0 Å². The minimum Gasteiger partial charge on any atom is -0.206 e. The molecule has 0 N–H and O–H groups in total. The second-order valence-corrected chi connectivity index (χ2v) is 8.43. The van der Waals surface area contributed by atoms with Crippen molar-refractivity contribution >= 4 is 34.4 Å². The van der Waals surface area contributed by atoms with Gasteiger partial charge in [-0.3, -0.25) is 0 Å². The maximum Gasteiger partial charge on any atom is 0.135 e. The Bertz CT molecular complexity index is 1120. The molecule has 0 saturated heterocycles. The number of rotatable bonds is 4. The number of hydrogen-bond donors (Lipinski definition) is 0. The van der Waals surface area contributed by atoms with Crippen molar-refractivity contribution in [1.29, 1.82) is 0 Å². The molecule has 0 aliphatic heterocycles. The summed E-state index contributed by atoms with van der Waals surface area (Å²) in [4.78, 5) is 6.08. The molecule has 1 saturated carbocycles. The van der Waals surface area contributed by atoms with Gasteiger partial charge in [-0.25, -0.2) is 8.78 Å². The van der Waals surface area contributed by atoms with Crippen LogP contribution in [0.3, 0.4) is 0 Å². The van der Waals surface area contributed by atoms with Crippen LogP contribution in [-0.2, 0) is 6.42 Å². The van der Waals surface area contributed by atoms with Crippen LogP contribution >= 0.6 is 23.6 Å². The molecule has 0 spiro atoms. The first-order chi connectivity index (χ1) is 14.1. The molecule has 3 aromatic rings. The highest BCUT2D eigenvalue weighted by atomic mass is 32.1. The third-order valence-corrected chi connectivity index (χ3v) is 6.19. The highest BCUT2D eigenvalue weighted by Crippen LogP contribution is 2.32. The Morgan fingerprint density at radius 2 is 1.72 bits per heavy atom. The second kappa shape index (κ2) is 8.80. The molecule has 1 aliphatic rings. The van der Waals surface area contributed by atoms with Crippen LogP contribution in [0.2, 0.25) is 0 Å². The molecule has 1 nitrogen and oxygen atoms in total. The molecule has 1 fully saturated rings. The van der Waals surface area contributed by atoms with Crippen LogP contribution < -0.4 is 0 Å². The van der Waals surface area contributed by atoms with Crippen LogP contribution in [0.4, 0.5) is 14.5 Å². The number of thiophene rings is 1. The summed E-state index contributed by atoms with van der Waals surface area (Å²) in [5.41, 5.74) is 1.26. The smallest absolute Gasteiger partial charge is 0.135 e. The van der Waals surface area contributed by atoms with Gasteiger partial charge in [-0.05, 0) is 66.5 Å². The summed E-state index contributed by atoms with van der Waals surface area (Å²) in [7, 11) is 0. The SMILES string of the molecule is Fc1cc(C#Cc2ccc(CC3CCC3)s2)cc(F)c1-c1ccc(N=C=S)cc1. The Morgan fingerprint density at radius 3 is 2.34 bits per heavy atom. The fourth-order valence-corrected chi connectivity index (χ4v) is 4.43. The minimum absolute atomic E-state index is 0.0765. The zero-order chi connectivity index (χ0) is 20.2. The number of halogens is 2. The third kappa shape index (κ3) is 4.68. The van der Waals surface area contributed by atoms with Gasteiger partial charge >= 0.3 is 0 Å². The topological polar surface area (TPSA) is 12.4 Å². The Balaban J connectivity index is 1.54. The predicted molar refractivity (Wildman–Crippen MR) is 118 cm³/mol.